The van der Waals surface area contributed by atoms with Crippen LogP contribution in [0.3, 0.4) is 0 Å². The van der Waals surface area contributed by atoms with E-state index in [9.17, 15) is 4.79 Å². The highest BCUT2D eigenvalue weighted by atomic mass is 16.5. The first-order chi connectivity index (χ1) is 11.1. The van der Waals surface area contributed by atoms with E-state index in [4.69, 9.17) is 4.74 Å². The molecule has 2 aromatic rings. The Morgan fingerprint density at radius 2 is 2.26 bits per heavy atom. The summed E-state index contributed by atoms with van der Waals surface area (Å²) in [7, 11) is 1.62. The Labute approximate surface area is 136 Å². The van der Waals surface area contributed by atoms with Crippen molar-refractivity contribution in [2.75, 3.05) is 19.0 Å². The highest BCUT2D eigenvalue weighted by Gasteiger charge is 2.15. The molecule has 0 aliphatic heterocycles. The van der Waals surface area contributed by atoms with Crippen LogP contribution in [-0.2, 0) is 11.3 Å². The molecule has 1 heterocycles. The first-order valence-electron chi connectivity index (χ1n) is 7.67. The van der Waals surface area contributed by atoms with Crippen LogP contribution in [0.25, 0.3) is 0 Å². The molecule has 1 aromatic carbocycles. The number of carbonyl (C=O) groups is 1. The Morgan fingerprint density at radius 1 is 1.43 bits per heavy atom. The third-order valence-corrected chi connectivity index (χ3v) is 3.43. The van der Waals surface area contributed by atoms with Crippen molar-refractivity contribution in [3.63, 3.8) is 0 Å². The highest BCUT2D eigenvalue weighted by molar-refractivity contribution is 5.84. The summed E-state index contributed by atoms with van der Waals surface area (Å²) in [4.78, 5) is 12.3. The van der Waals surface area contributed by atoms with Crippen molar-refractivity contribution in [2.45, 2.75) is 32.9 Å². The highest BCUT2D eigenvalue weighted by Crippen LogP contribution is 2.18. The molecule has 1 aromatic heterocycles. The fraction of sp³-hybridized carbons (Fsp3) is 0.438. The zero-order valence-electron chi connectivity index (χ0n) is 13.7. The van der Waals surface area contributed by atoms with Gasteiger partial charge in [-0.15, -0.1) is 5.10 Å². The first-order valence-corrected chi connectivity index (χ1v) is 7.67. The van der Waals surface area contributed by atoms with Crippen molar-refractivity contribution in [1.82, 2.24) is 20.3 Å². The second kappa shape index (κ2) is 8.17. The molecule has 2 N–H and O–H groups in total. The van der Waals surface area contributed by atoms with Gasteiger partial charge < -0.3 is 15.4 Å². The van der Waals surface area contributed by atoms with Crippen LogP contribution >= 0.6 is 0 Å². The number of methoxy groups -OCH3 is 1. The van der Waals surface area contributed by atoms with Gasteiger partial charge in [-0.25, -0.2) is 0 Å². The molecule has 2 rings (SSSR count). The number of aromatic nitrogens is 3. The lowest BCUT2D eigenvalue weighted by molar-refractivity contribution is -0.121. The molecule has 7 heteroatoms. The molecule has 0 saturated heterocycles. The Kier molecular flexibility index (Phi) is 5.96. The van der Waals surface area contributed by atoms with Gasteiger partial charge in [0.2, 0.25) is 5.91 Å². The fourth-order valence-electron chi connectivity index (χ4n) is 2.19. The van der Waals surface area contributed by atoms with Gasteiger partial charge in [0, 0.05) is 24.5 Å². The second-order valence-corrected chi connectivity index (χ2v) is 5.25. The topological polar surface area (TPSA) is 81.1 Å². The second-order valence-electron chi connectivity index (χ2n) is 5.25. The summed E-state index contributed by atoms with van der Waals surface area (Å²) in [5.41, 5.74) is 1.72. The number of hydrogen-bond acceptors (Lipinski definition) is 5. The molecular weight excluding hydrogens is 294 g/mol. The lowest BCUT2D eigenvalue weighted by atomic mass is 10.2. The number of ether oxygens (including phenoxy) is 1. The monoisotopic (exact) mass is 317 g/mol. The first kappa shape index (κ1) is 16.8. The average molecular weight is 317 g/mol. The van der Waals surface area contributed by atoms with E-state index in [-0.39, 0.29) is 11.9 Å². The minimum atomic E-state index is -0.292. The van der Waals surface area contributed by atoms with Gasteiger partial charge in [0.05, 0.1) is 19.3 Å². The normalized spacial score (nSPS) is 11.8. The van der Waals surface area contributed by atoms with Crippen LogP contribution in [0.4, 0.5) is 5.69 Å². The van der Waals surface area contributed by atoms with Gasteiger partial charge in [0.25, 0.3) is 0 Å². The van der Waals surface area contributed by atoms with Gasteiger partial charge in [-0.1, -0.05) is 18.2 Å². The lowest BCUT2D eigenvalue weighted by Crippen LogP contribution is -2.40. The van der Waals surface area contributed by atoms with E-state index in [1.807, 2.05) is 44.3 Å². The quantitative estimate of drug-likeness (QED) is 0.773. The van der Waals surface area contributed by atoms with Gasteiger partial charge in [-0.2, -0.15) is 0 Å². The predicted molar refractivity (Wildman–Crippen MR) is 88.5 cm³/mol. The van der Waals surface area contributed by atoms with Gasteiger partial charge in [-0.05, 0) is 25.5 Å². The van der Waals surface area contributed by atoms with Crippen LogP contribution in [0.15, 0.2) is 30.5 Å². The summed E-state index contributed by atoms with van der Waals surface area (Å²) in [5, 5.41) is 14.0. The molecular formula is C16H23N5O2. The Balaban J connectivity index is 1.85. The number of carbonyl (C=O) groups excluding carboxylic acids is 1. The number of benzene rings is 1. The van der Waals surface area contributed by atoms with E-state index in [0.717, 1.165) is 17.1 Å². The molecule has 23 heavy (non-hydrogen) atoms. The molecule has 0 bridgehead atoms. The van der Waals surface area contributed by atoms with Crippen molar-refractivity contribution < 1.29 is 9.53 Å². The molecule has 0 radical (unpaired) electrons. The van der Waals surface area contributed by atoms with Crippen LogP contribution in [0.2, 0.25) is 0 Å². The number of rotatable bonds is 8. The van der Waals surface area contributed by atoms with E-state index in [2.05, 4.69) is 20.9 Å². The minimum Gasteiger partial charge on any atom is -0.497 e. The van der Waals surface area contributed by atoms with E-state index in [1.54, 1.807) is 11.8 Å². The van der Waals surface area contributed by atoms with E-state index in [0.29, 0.717) is 19.5 Å². The molecule has 0 fully saturated rings. The average Bonchev–Trinajstić information content (AvgIpc) is 2.98. The zero-order chi connectivity index (χ0) is 16.7. The summed E-state index contributed by atoms with van der Waals surface area (Å²) in [6.07, 6.45) is 2.53. The van der Waals surface area contributed by atoms with Crippen LogP contribution < -0.4 is 15.4 Å². The summed E-state index contributed by atoms with van der Waals surface area (Å²) in [5.74, 6) is 0.721. The Hall–Kier alpha value is -2.57. The molecule has 0 saturated carbocycles. The number of anilines is 1. The van der Waals surface area contributed by atoms with Gasteiger partial charge in [0.1, 0.15) is 11.8 Å². The number of amides is 1. The SMILES string of the molecule is CCC(Nc1cccc(OC)c1)C(=O)NCCn1cc(C)nn1. The van der Waals surface area contributed by atoms with Gasteiger partial charge >= 0.3 is 0 Å². The van der Waals surface area contributed by atoms with E-state index < -0.39 is 0 Å². The van der Waals surface area contributed by atoms with Gasteiger partial charge in [-0.3, -0.25) is 9.48 Å². The molecule has 1 atom stereocenters. The maximum atomic E-state index is 12.3. The van der Waals surface area contributed by atoms with Gasteiger partial charge in [0.15, 0.2) is 0 Å². The molecule has 124 valence electrons. The molecule has 0 aliphatic rings. The standard InChI is InChI=1S/C16H23N5O2/c1-4-15(18-13-6-5-7-14(10-13)23-3)16(22)17-8-9-21-11-12(2)19-20-21/h5-7,10-11,15,18H,4,8-9H2,1-3H3,(H,17,22). The van der Waals surface area contributed by atoms with E-state index in [1.165, 1.54) is 0 Å². The third kappa shape index (κ3) is 4.98. The molecule has 0 spiro atoms. The maximum absolute atomic E-state index is 12.3. The number of aryl methyl sites for hydroxylation is 1. The molecule has 1 unspecified atom stereocenters. The van der Waals surface area contributed by atoms with Crippen LogP contribution in [-0.4, -0.2) is 40.6 Å². The van der Waals surface area contributed by atoms with Crippen molar-refractivity contribution in [3.8, 4) is 5.75 Å². The summed E-state index contributed by atoms with van der Waals surface area (Å²) < 4.78 is 6.90. The maximum Gasteiger partial charge on any atom is 0.242 e. The number of nitrogens with zero attached hydrogens (tertiary/aromatic N) is 3. The zero-order valence-corrected chi connectivity index (χ0v) is 13.7. The Bertz CT molecular complexity index is 641. The predicted octanol–water partition coefficient (Wildman–Crippen LogP) is 1.60. The molecule has 1 amide bonds. The van der Waals surface area contributed by atoms with Crippen molar-refractivity contribution in [2.24, 2.45) is 0 Å². The molecule has 7 nitrogen and oxygen atoms in total. The van der Waals surface area contributed by atoms with Crippen molar-refractivity contribution in [1.29, 1.82) is 0 Å². The smallest absolute Gasteiger partial charge is 0.242 e. The Morgan fingerprint density at radius 3 is 2.91 bits per heavy atom. The molecule has 0 aliphatic carbocycles. The lowest BCUT2D eigenvalue weighted by Gasteiger charge is -2.18. The van der Waals surface area contributed by atoms with Crippen LogP contribution in [0.5, 0.6) is 5.75 Å². The summed E-state index contributed by atoms with van der Waals surface area (Å²) in [6.45, 7) is 4.96. The minimum absolute atomic E-state index is 0.0350. The number of nitrogens with one attached hydrogen (secondary N) is 2. The third-order valence-electron chi connectivity index (χ3n) is 3.43. The van der Waals surface area contributed by atoms with Crippen molar-refractivity contribution >= 4 is 11.6 Å². The van der Waals surface area contributed by atoms with Crippen LogP contribution in [0, 0.1) is 6.92 Å². The van der Waals surface area contributed by atoms with E-state index >= 15 is 0 Å². The summed E-state index contributed by atoms with van der Waals surface area (Å²) >= 11 is 0. The van der Waals surface area contributed by atoms with Crippen molar-refractivity contribution in [3.05, 3.63) is 36.2 Å². The summed E-state index contributed by atoms with van der Waals surface area (Å²) in [6, 6.07) is 7.25. The largest absolute Gasteiger partial charge is 0.497 e. The van der Waals surface area contributed by atoms with Crippen LogP contribution in [0.1, 0.15) is 19.0 Å². The fourth-order valence-corrected chi connectivity index (χ4v) is 2.19. The number of hydrogen-bond donors (Lipinski definition) is 2.